The first-order valence-corrected chi connectivity index (χ1v) is 5.02. The summed E-state index contributed by atoms with van der Waals surface area (Å²) in [5.74, 6) is 1.38. The number of oxazole rings is 1. The Bertz CT molecular complexity index is 726. The second-order valence-corrected chi connectivity index (χ2v) is 3.61. The van der Waals surface area contributed by atoms with Gasteiger partial charge in [-0.3, -0.25) is 0 Å². The fourth-order valence-electron chi connectivity index (χ4n) is 1.66. The van der Waals surface area contributed by atoms with Crippen LogP contribution in [0.15, 0.2) is 27.4 Å². The van der Waals surface area contributed by atoms with Gasteiger partial charge in [0, 0.05) is 0 Å². The van der Waals surface area contributed by atoms with E-state index < -0.39 is 5.63 Å². The zero-order chi connectivity index (χ0) is 11.8. The smallest absolute Gasteiger partial charge is 0.361 e. The van der Waals surface area contributed by atoms with Crippen molar-refractivity contribution in [3.63, 3.8) is 0 Å². The number of aromatic nitrogens is 1. The van der Waals surface area contributed by atoms with Gasteiger partial charge in [0.15, 0.2) is 17.0 Å². The number of rotatable bonds is 1. The maximum atomic E-state index is 11.4. The molecule has 5 heteroatoms. The molecular formula is C12H9NO4. The molecule has 0 amide bonds. The highest BCUT2D eigenvalue weighted by atomic mass is 16.7. The second kappa shape index (κ2) is 3.55. The maximum absolute atomic E-state index is 11.4. The summed E-state index contributed by atoms with van der Waals surface area (Å²) in [6.07, 6.45) is 1.67. The molecule has 1 aliphatic heterocycles. The van der Waals surface area contributed by atoms with E-state index in [0.29, 0.717) is 16.8 Å². The minimum absolute atomic E-state index is 0.229. The van der Waals surface area contributed by atoms with Gasteiger partial charge >= 0.3 is 5.63 Å². The van der Waals surface area contributed by atoms with Crippen molar-refractivity contribution in [2.45, 2.75) is 0 Å². The fourth-order valence-corrected chi connectivity index (χ4v) is 1.66. The van der Waals surface area contributed by atoms with Crippen LogP contribution in [0.1, 0.15) is 5.56 Å². The summed E-state index contributed by atoms with van der Waals surface area (Å²) < 4.78 is 15.2. The van der Waals surface area contributed by atoms with Crippen molar-refractivity contribution in [1.29, 1.82) is 0 Å². The lowest BCUT2D eigenvalue weighted by Crippen LogP contribution is -2.20. The molecule has 0 fully saturated rings. The van der Waals surface area contributed by atoms with E-state index in [2.05, 4.69) is 11.6 Å². The molecule has 1 aliphatic rings. The molecule has 0 saturated carbocycles. The van der Waals surface area contributed by atoms with Crippen molar-refractivity contribution < 1.29 is 13.9 Å². The van der Waals surface area contributed by atoms with Crippen LogP contribution in [-0.2, 0) is 0 Å². The minimum atomic E-state index is -0.437. The predicted octanol–water partition coefficient (Wildman–Crippen LogP) is -0.0643. The number of hydrogen-bond acceptors (Lipinski definition) is 4. The number of aromatic amines is 1. The van der Waals surface area contributed by atoms with Crippen LogP contribution in [-0.4, -0.2) is 11.8 Å². The molecule has 86 valence electrons. The van der Waals surface area contributed by atoms with E-state index in [-0.39, 0.29) is 12.3 Å². The van der Waals surface area contributed by atoms with E-state index in [0.717, 1.165) is 5.56 Å². The lowest BCUT2D eigenvalue weighted by molar-refractivity contribution is 0.174. The molecule has 2 aromatic rings. The summed E-state index contributed by atoms with van der Waals surface area (Å²) in [4.78, 5) is 14.1. The summed E-state index contributed by atoms with van der Waals surface area (Å²) in [6, 6.07) is 5.42. The molecule has 0 bridgehead atoms. The standard InChI is InChI=1S/C12H9NO4/c1-7-13-9(12(14)17-7)4-8-2-3-10-11(5-8)16-6-15-10/h2-5,13H,1,6H2. The maximum Gasteiger partial charge on any atom is 0.361 e. The van der Waals surface area contributed by atoms with Gasteiger partial charge in [0.05, 0.1) is 0 Å². The molecule has 0 saturated heterocycles. The summed E-state index contributed by atoms with van der Waals surface area (Å²) in [5, 5.41) is 0.355. The van der Waals surface area contributed by atoms with E-state index in [1.807, 2.05) is 6.07 Å². The lowest BCUT2D eigenvalue weighted by atomic mass is 10.2. The molecule has 5 nitrogen and oxygen atoms in total. The van der Waals surface area contributed by atoms with Gasteiger partial charge in [-0.15, -0.1) is 0 Å². The first-order valence-electron chi connectivity index (χ1n) is 5.02. The number of fused-ring (bicyclic) bond motifs is 1. The highest BCUT2D eigenvalue weighted by Crippen LogP contribution is 2.32. The third-order valence-corrected chi connectivity index (χ3v) is 2.42. The Kier molecular flexibility index (Phi) is 2.04. The average Bonchev–Trinajstić information content (AvgIpc) is 2.85. The fraction of sp³-hybridized carbons (Fsp3) is 0.0833. The average molecular weight is 231 g/mol. The number of ether oxygens (including phenoxy) is 2. The van der Waals surface area contributed by atoms with Crippen LogP contribution in [0.3, 0.4) is 0 Å². The van der Waals surface area contributed by atoms with E-state index >= 15 is 0 Å². The van der Waals surface area contributed by atoms with Gasteiger partial charge < -0.3 is 18.9 Å². The molecule has 17 heavy (non-hydrogen) atoms. The summed E-state index contributed by atoms with van der Waals surface area (Å²) in [5.41, 5.74) is 0.623. The van der Waals surface area contributed by atoms with Gasteiger partial charge in [-0.1, -0.05) is 6.07 Å². The molecule has 3 rings (SSSR count). The Hall–Kier alpha value is -2.43. The van der Waals surface area contributed by atoms with Gasteiger partial charge in [0.2, 0.25) is 6.79 Å². The molecule has 0 unspecified atom stereocenters. The zero-order valence-corrected chi connectivity index (χ0v) is 8.86. The minimum Gasteiger partial charge on any atom is -0.454 e. The first-order chi connectivity index (χ1) is 8.22. The van der Waals surface area contributed by atoms with Crippen LogP contribution in [0, 0.1) is 0 Å². The van der Waals surface area contributed by atoms with Gasteiger partial charge in [-0.2, -0.15) is 0 Å². The molecule has 0 spiro atoms. The first kappa shape index (κ1) is 9.77. The van der Waals surface area contributed by atoms with Crippen molar-refractivity contribution in [3.8, 4) is 11.5 Å². The Balaban J connectivity index is 2.12. The molecule has 0 aliphatic carbocycles. The van der Waals surface area contributed by atoms with E-state index in [1.54, 1.807) is 18.2 Å². The van der Waals surface area contributed by atoms with Gasteiger partial charge in [0.1, 0.15) is 5.35 Å². The van der Waals surface area contributed by atoms with Crippen LogP contribution in [0.25, 0.3) is 12.7 Å². The second-order valence-electron chi connectivity index (χ2n) is 3.61. The Morgan fingerprint density at radius 1 is 1.29 bits per heavy atom. The van der Waals surface area contributed by atoms with Crippen LogP contribution in [0.2, 0.25) is 0 Å². The number of hydrogen-bond donors (Lipinski definition) is 1. The van der Waals surface area contributed by atoms with Gasteiger partial charge in [0.25, 0.3) is 0 Å². The largest absolute Gasteiger partial charge is 0.454 e. The highest BCUT2D eigenvalue weighted by molar-refractivity contribution is 5.55. The quantitative estimate of drug-likeness (QED) is 0.746. The van der Waals surface area contributed by atoms with E-state index in [9.17, 15) is 4.79 Å². The van der Waals surface area contributed by atoms with Crippen LogP contribution in [0.5, 0.6) is 11.5 Å². The van der Waals surface area contributed by atoms with Crippen molar-refractivity contribution >= 4 is 12.7 Å². The third-order valence-electron chi connectivity index (χ3n) is 2.42. The topological polar surface area (TPSA) is 64.5 Å². The number of H-pyrrole nitrogens is 1. The number of nitrogens with one attached hydrogen (secondary N) is 1. The van der Waals surface area contributed by atoms with Crippen LogP contribution in [0.4, 0.5) is 0 Å². The summed E-state index contributed by atoms with van der Waals surface area (Å²) in [6.45, 7) is 3.74. The SMILES string of the molecule is C=c1[nH]c(=Cc2ccc3c(c2)OCO3)c(=O)o1. The molecule has 1 aromatic heterocycles. The molecule has 0 atom stereocenters. The van der Waals surface area contributed by atoms with Crippen molar-refractivity contribution in [2.24, 2.45) is 0 Å². The Morgan fingerprint density at radius 2 is 2.12 bits per heavy atom. The van der Waals surface area contributed by atoms with Crippen molar-refractivity contribution in [3.05, 3.63) is 45.1 Å². The Morgan fingerprint density at radius 3 is 2.88 bits per heavy atom. The molecule has 1 N–H and O–H groups in total. The Labute approximate surface area is 95.6 Å². The molecule has 1 aromatic carbocycles. The van der Waals surface area contributed by atoms with Crippen molar-refractivity contribution in [1.82, 2.24) is 4.98 Å². The van der Waals surface area contributed by atoms with Crippen LogP contribution >= 0.6 is 0 Å². The van der Waals surface area contributed by atoms with Gasteiger partial charge in [-0.25, -0.2) is 4.79 Å². The summed E-state index contributed by atoms with van der Waals surface area (Å²) in [7, 11) is 0. The van der Waals surface area contributed by atoms with E-state index in [1.165, 1.54) is 0 Å². The monoisotopic (exact) mass is 231 g/mol. The van der Waals surface area contributed by atoms with Gasteiger partial charge in [-0.05, 0) is 30.4 Å². The summed E-state index contributed by atoms with van der Waals surface area (Å²) >= 11 is 0. The molecule has 0 radical (unpaired) electrons. The molecular weight excluding hydrogens is 222 g/mol. The predicted molar refractivity (Wildman–Crippen MR) is 60.2 cm³/mol. The lowest BCUT2D eigenvalue weighted by Gasteiger charge is -1.96. The third kappa shape index (κ3) is 1.71. The number of benzene rings is 1. The zero-order valence-electron chi connectivity index (χ0n) is 8.86. The molecule has 2 heterocycles. The normalized spacial score (nSPS) is 14.2. The van der Waals surface area contributed by atoms with Crippen LogP contribution < -0.4 is 26.0 Å². The highest BCUT2D eigenvalue weighted by Gasteiger charge is 2.12. The van der Waals surface area contributed by atoms with E-state index in [4.69, 9.17) is 13.9 Å². The van der Waals surface area contributed by atoms with Crippen molar-refractivity contribution in [2.75, 3.05) is 6.79 Å².